The highest BCUT2D eigenvalue weighted by atomic mass is 16.2. The first-order valence-electron chi connectivity index (χ1n) is 7.91. The Bertz CT molecular complexity index is 508. The summed E-state index contributed by atoms with van der Waals surface area (Å²) in [5.41, 5.74) is 6.48. The second-order valence-corrected chi connectivity index (χ2v) is 6.24. The SMILES string of the molecule is CN(C)C(=O)C1CC(C2CCCCN2c2cnccn2)NN1. The van der Waals surface area contributed by atoms with Gasteiger partial charge in [0.2, 0.25) is 5.91 Å². The molecule has 2 aliphatic rings. The van der Waals surface area contributed by atoms with Crippen LogP contribution in [0.4, 0.5) is 5.82 Å². The number of likely N-dealkylation sites (N-methyl/N-ethyl adjacent to an activating group) is 1. The van der Waals surface area contributed by atoms with Gasteiger partial charge in [-0.2, -0.15) is 0 Å². The number of carbonyl (C=O) groups is 1. The van der Waals surface area contributed by atoms with Crippen molar-refractivity contribution in [3.8, 4) is 0 Å². The van der Waals surface area contributed by atoms with E-state index < -0.39 is 0 Å². The topological polar surface area (TPSA) is 73.4 Å². The Labute approximate surface area is 131 Å². The molecular formula is C15H24N6O. The zero-order valence-electron chi connectivity index (χ0n) is 13.2. The Balaban J connectivity index is 1.71. The van der Waals surface area contributed by atoms with Crippen molar-refractivity contribution in [3.63, 3.8) is 0 Å². The summed E-state index contributed by atoms with van der Waals surface area (Å²) in [4.78, 5) is 24.7. The third-order valence-corrected chi connectivity index (χ3v) is 4.53. The maximum atomic E-state index is 12.1. The minimum Gasteiger partial charge on any atom is -0.351 e. The minimum atomic E-state index is -0.148. The van der Waals surface area contributed by atoms with Gasteiger partial charge in [0.25, 0.3) is 0 Å². The number of rotatable bonds is 3. The number of carbonyl (C=O) groups excluding carboxylic acids is 1. The van der Waals surface area contributed by atoms with Gasteiger partial charge in [-0.1, -0.05) is 0 Å². The Morgan fingerprint density at radius 1 is 1.32 bits per heavy atom. The molecule has 0 aliphatic carbocycles. The number of nitrogens with one attached hydrogen (secondary N) is 2. The summed E-state index contributed by atoms with van der Waals surface area (Å²) in [6.45, 7) is 0.994. The molecule has 3 unspecified atom stereocenters. The number of piperidine rings is 1. The summed E-state index contributed by atoms with van der Waals surface area (Å²) < 4.78 is 0. The zero-order valence-corrected chi connectivity index (χ0v) is 13.2. The van der Waals surface area contributed by atoms with Gasteiger partial charge in [-0.15, -0.1) is 0 Å². The monoisotopic (exact) mass is 304 g/mol. The molecule has 3 rings (SSSR count). The molecule has 0 aromatic carbocycles. The molecule has 7 heteroatoms. The summed E-state index contributed by atoms with van der Waals surface area (Å²) >= 11 is 0. The van der Waals surface area contributed by atoms with Crippen LogP contribution in [0.1, 0.15) is 25.7 Å². The fourth-order valence-electron chi connectivity index (χ4n) is 3.41. The van der Waals surface area contributed by atoms with E-state index in [0.29, 0.717) is 6.04 Å². The van der Waals surface area contributed by atoms with Crippen LogP contribution in [0, 0.1) is 0 Å². The second kappa shape index (κ2) is 6.58. The van der Waals surface area contributed by atoms with E-state index in [2.05, 4.69) is 25.7 Å². The molecular weight excluding hydrogens is 280 g/mol. The van der Waals surface area contributed by atoms with E-state index in [1.54, 1.807) is 31.4 Å². The van der Waals surface area contributed by atoms with Crippen molar-refractivity contribution in [2.24, 2.45) is 0 Å². The highest BCUT2D eigenvalue weighted by molar-refractivity contribution is 5.81. The van der Waals surface area contributed by atoms with Crippen molar-refractivity contribution >= 4 is 11.7 Å². The van der Waals surface area contributed by atoms with Gasteiger partial charge < -0.3 is 9.80 Å². The lowest BCUT2D eigenvalue weighted by molar-refractivity contribution is -0.130. The Morgan fingerprint density at radius 3 is 2.91 bits per heavy atom. The number of hydrogen-bond acceptors (Lipinski definition) is 6. The maximum absolute atomic E-state index is 12.1. The van der Waals surface area contributed by atoms with Crippen molar-refractivity contribution < 1.29 is 4.79 Å². The zero-order chi connectivity index (χ0) is 15.5. The molecule has 3 heterocycles. The molecule has 0 spiro atoms. The average Bonchev–Trinajstić information content (AvgIpc) is 3.04. The third-order valence-electron chi connectivity index (χ3n) is 4.53. The maximum Gasteiger partial charge on any atom is 0.240 e. The van der Waals surface area contributed by atoms with E-state index in [9.17, 15) is 4.79 Å². The summed E-state index contributed by atoms with van der Waals surface area (Å²) in [6.07, 6.45) is 9.56. The standard InChI is InChI=1S/C15H24N6O/c1-20(2)15(22)12-9-11(18-19-12)13-5-3-4-8-21(13)14-10-16-6-7-17-14/h6-7,10-13,18-19H,3-5,8-9H2,1-2H3. The Hall–Kier alpha value is -1.73. The van der Waals surface area contributed by atoms with Crippen LogP contribution < -0.4 is 15.8 Å². The van der Waals surface area contributed by atoms with Gasteiger partial charge >= 0.3 is 0 Å². The first-order valence-corrected chi connectivity index (χ1v) is 7.91. The van der Waals surface area contributed by atoms with E-state index in [0.717, 1.165) is 25.2 Å². The van der Waals surface area contributed by atoms with E-state index in [-0.39, 0.29) is 18.0 Å². The summed E-state index contributed by atoms with van der Waals surface area (Å²) in [7, 11) is 3.59. The van der Waals surface area contributed by atoms with E-state index >= 15 is 0 Å². The van der Waals surface area contributed by atoms with Crippen LogP contribution in [0.3, 0.4) is 0 Å². The van der Waals surface area contributed by atoms with Crippen LogP contribution in [0.25, 0.3) is 0 Å². The fraction of sp³-hybridized carbons (Fsp3) is 0.667. The van der Waals surface area contributed by atoms with Crippen LogP contribution in [0.15, 0.2) is 18.6 Å². The van der Waals surface area contributed by atoms with Gasteiger partial charge in [-0.05, 0) is 25.7 Å². The third kappa shape index (κ3) is 3.05. The first-order chi connectivity index (χ1) is 10.7. The minimum absolute atomic E-state index is 0.122. The van der Waals surface area contributed by atoms with Crippen LogP contribution in [0.5, 0.6) is 0 Å². The highest BCUT2D eigenvalue weighted by Crippen LogP contribution is 2.27. The van der Waals surface area contributed by atoms with Crippen molar-refractivity contribution in [1.29, 1.82) is 0 Å². The van der Waals surface area contributed by atoms with Gasteiger partial charge in [0.1, 0.15) is 11.9 Å². The van der Waals surface area contributed by atoms with Crippen LogP contribution in [0.2, 0.25) is 0 Å². The molecule has 2 N–H and O–H groups in total. The van der Waals surface area contributed by atoms with Gasteiger partial charge in [-0.25, -0.2) is 10.4 Å². The lowest BCUT2D eigenvalue weighted by Crippen LogP contribution is -2.52. The Morgan fingerprint density at radius 2 is 2.18 bits per heavy atom. The summed E-state index contributed by atoms with van der Waals surface area (Å²) in [6, 6.07) is 0.444. The number of amides is 1. The molecule has 120 valence electrons. The summed E-state index contributed by atoms with van der Waals surface area (Å²) in [5.74, 6) is 1.05. The van der Waals surface area contributed by atoms with Gasteiger partial charge in [0, 0.05) is 45.1 Å². The molecule has 3 atom stereocenters. The molecule has 0 radical (unpaired) electrons. The molecule has 1 aromatic rings. The molecule has 7 nitrogen and oxygen atoms in total. The fourth-order valence-corrected chi connectivity index (χ4v) is 3.41. The number of hydrazine groups is 1. The van der Waals surface area contributed by atoms with Gasteiger partial charge in [0.15, 0.2) is 0 Å². The lowest BCUT2D eigenvalue weighted by Gasteiger charge is -2.39. The van der Waals surface area contributed by atoms with Crippen molar-refractivity contribution in [2.75, 3.05) is 25.5 Å². The highest BCUT2D eigenvalue weighted by Gasteiger charge is 2.38. The number of anilines is 1. The quantitative estimate of drug-likeness (QED) is 0.829. The van der Waals surface area contributed by atoms with Crippen molar-refractivity contribution in [1.82, 2.24) is 25.7 Å². The number of hydrogen-bond donors (Lipinski definition) is 2. The van der Waals surface area contributed by atoms with Crippen LogP contribution in [-0.4, -0.2) is 59.5 Å². The molecule has 1 aromatic heterocycles. The average molecular weight is 304 g/mol. The number of nitrogens with zero attached hydrogens (tertiary/aromatic N) is 4. The molecule has 2 fully saturated rings. The van der Waals surface area contributed by atoms with Crippen LogP contribution in [-0.2, 0) is 4.79 Å². The number of aromatic nitrogens is 2. The van der Waals surface area contributed by atoms with E-state index in [1.165, 1.54) is 12.8 Å². The second-order valence-electron chi connectivity index (χ2n) is 6.24. The predicted molar refractivity (Wildman–Crippen MR) is 84.2 cm³/mol. The van der Waals surface area contributed by atoms with Gasteiger partial charge in [-0.3, -0.25) is 15.2 Å². The normalized spacial score (nSPS) is 28.6. The first kappa shape index (κ1) is 15.2. The lowest BCUT2D eigenvalue weighted by atomic mass is 9.93. The summed E-state index contributed by atoms with van der Waals surface area (Å²) in [5, 5.41) is 0. The smallest absolute Gasteiger partial charge is 0.240 e. The van der Waals surface area contributed by atoms with Crippen molar-refractivity contribution in [3.05, 3.63) is 18.6 Å². The molecule has 2 saturated heterocycles. The van der Waals surface area contributed by atoms with Crippen molar-refractivity contribution in [2.45, 2.75) is 43.8 Å². The van der Waals surface area contributed by atoms with Crippen LogP contribution >= 0.6 is 0 Å². The molecule has 2 aliphatic heterocycles. The largest absolute Gasteiger partial charge is 0.351 e. The molecule has 0 bridgehead atoms. The van der Waals surface area contributed by atoms with E-state index in [1.807, 2.05) is 6.20 Å². The van der Waals surface area contributed by atoms with E-state index in [4.69, 9.17) is 0 Å². The molecule has 0 saturated carbocycles. The molecule has 22 heavy (non-hydrogen) atoms. The predicted octanol–water partition coefficient (Wildman–Crippen LogP) is 0.159. The molecule has 1 amide bonds. The Kier molecular flexibility index (Phi) is 4.54. The van der Waals surface area contributed by atoms with Gasteiger partial charge in [0.05, 0.1) is 6.20 Å².